The molecule has 1 aromatic heterocycles. The Bertz CT molecular complexity index is 1330. The summed E-state index contributed by atoms with van der Waals surface area (Å²) in [5.41, 5.74) is 2.16. The third-order valence-electron chi connectivity index (χ3n) is 7.76. The maximum atomic E-state index is 13.0. The molecule has 1 amide bonds. The Kier molecular flexibility index (Phi) is 6.15. The van der Waals surface area contributed by atoms with Gasteiger partial charge in [0.05, 0.1) is 17.6 Å². The summed E-state index contributed by atoms with van der Waals surface area (Å²) in [4.78, 5) is 20.2. The van der Waals surface area contributed by atoms with Crippen LogP contribution in [0.3, 0.4) is 0 Å². The second-order valence-corrected chi connectivity index (χ2v) is 10.0. The van der Waals surface area contributed by atoms with Crippen LogP contribution in [0.2, 0.25) is 0 Å². The van der Waals surface area contributed by atoms with E-state index in [-0.39, 0.29) is 5.92 Å². The number of nitrogens with zero attached hydrogens (tertiary/aromatic N) is 3. The SMILES string of the molecule is O=C1CC(c2nc3ccccc3n2CCCOc2cccc3ccccc23)CN1C1CCCCC1. The molecule has 1 saturated heterocycles. The largest absolute Gasteiger partial charge is 0.493 e. The molecule has 0 radical (unpaired) electrons. The lowest BCUT2D eigenvalue weighted by molar-refractivity contribution is -0.130. The number of aromatic nitrogens is 2. The number of benzene rings is 3. The highest BCUT2D eigenvalue weighted by molar-refractivity contribution is 5.88. The second kappa shape index (κ2) is 9.73. The maximum absolute atomic E-state index is 13.0. The number of likely N-dealkylation sites (tertiary alicyclic amines) is 1. The lowest BCUT2D eigenvalue weighted by Crippen LogP contribution is -2.37. The van der Waals surface area contributed by atoms with Crippen LogP contribution >= 0.6 is 0 Å². The predicted octanol–water partition coefficient (Wildman–Crippen LogP) is 6.31. The highest BCUT2D eigenvalue weighted by Crippen LogP contribution is 2.35. The summed E-state index contributed by atoms with van der Waals surface area (Å²) in [7, 11) is 0. The molecule has 1 atom stereocenters. The van der Waals surface area contributed by atoms with Crippen molar-refractivity contribution in [3.05, 3.63) is 72.6 Å². The second-order valence-electron chi connectivity index (χ2n) is 10.0. The first-order valence-electron chi connectivity index (χ1n) is 13.1. The van der Waals surface area contributed by atoms with Gasteiger partial charge in [-0.25, -0.2) is 4.98 Å². The highest BCUT2D eigenvalue weighted by atomic mass is 16.5. The minimum atomic E-state index is 0.163. The van der Waals surface area contributed by atoms with E-state index in [4.69, 9.17) is 9.72 Å². The zero-order valence-corrected chi connectivity index (χ0v) is 20.2. The van der Waals surface area contributed by atoms with E-state index in [1.54, 1.807) is 0 Å². The van der Waals surface area contributed by atoms with Crippen molar-refractivity contribution in [1.82, 2.24) is 14.5 Å². The Morgan fingerprint density at radius 3 is 2.63 bits per heavy atom. The number of carbonyl (C=O) groups is 1. The van der Waals surface area contributed by atoms with Gasteiger partial charge in [0, 0.05) is 36.9 Å². The molecule has 1 saturated carbocycles. The number of ether oxygens (including phenoxy) is 1. The van der Waals surface area contributed by atoms with Crippen LogP contribution < -0.4 is 4.74 Å². The summed E-state index contributed by atoms with van der Waals surface area (Å²) in [5, 5.41) is 2.34. The highest BCUT2D eigenvalue weighted by Gasteiger charge is 2.37. The normalized spacial score (nSPS) is 19.1. The van der Waals surface area contributed by atoms with Crippen LogP contribution in [-0.2, 0) is 11.3 Å². The number of aryl methyl sites for hydroxylation is 1. The zero-order valence-electron chi connectivity index (χ0n) is 20.2. The average molecular weight is 468 g/mol. The van der Waals surface area contributed by atoms with E-state index in [1.165, 1.54) is 24.6 Å². The predicted molar refractivity (Wildman–Crippen MR) is 140 cm³/mol. The smallest absolute Gasteiger partial charge is 0.223 e. The van der Waals surface area contributed by atoms with Gasteiger partial charge in [0.15, 0.2) is 0 Å². The van der Waals surface area contributed by atoms with E-state index in [0.29, 0.717) is 25.0 Å². The van der Waals surface area contributed by atoms with Crippen molar-refractivity contribution in [2.75, 3.05) is 13.2 Å². The van der Waals surface area contributed by atoms with Crippen LogP contribution in [0, 0.1) is 0 Å². The van der Waals surface area contributed by atoms with E-state index in [2.05, 4.69) is 58.0 Å². The Morgan fingerprint density at radius 1 is 0.914 bits per heavy atom. The Labute approximate surface area is 206 Å². The van der Waals surface area contributed by atoms with Crippen LogP contribution in [0.25, 0.3) is 21.8 Å². The molecule has 0 spiro atoms. The average Bonchev–Trinajstić information content (AvgIpc) is 3.47. The van der Waals surface area contributed by atoms with Gasteiger partial charge in [0.25, 0.3) is 0 Å². The number of para-hydroxylation sites is 2. The summed E-state index contributed by atoms with van der Waals surface area (Å²) >= 11 is 0. The van der Waals surface area contributed by atoms with E-state index in [0.717, 1.165) is 60.3 Å². The van der Waals surface area contributed by atoms with Crippen LogP contribution in [0.1, 0.15) is 56.7 Å². The van der Waals surface area contributed by atoms with Gasteiger partial charge in [-0.3, -0.25) is 4.79 Å². The van der Waals surface area contributed by atoms with Gasteiger partial charge in [0.1, 0.15) is 11.6 Å². The van der Waals surface area contributed by atoms with Gasteiger partial charge >= 0.3 is 0 Å². The maximum Gasteiger partial charge on any atom is 0.223 e. The van der Waals surface area contributed by atoms with Crippen molar-refractivity contribution in [2.45, 2.75) is 63.5 Å². The molecule has 2 heterocycles. The molecule has 0 N–H and O–H groups in total. The van der Waals surface area contributed by atoms with Crippen LogP contribution in [0.5, 0.6) is 5.75 Å². The molecule has 4 aromatic rings. The summed E-state index contributed by atoms with van der Waals surface area (Å²) in [6, 6.07) is 23.3. The Balaban J connectivity index is 1.19. The number of hydrogen-bond donors (Lipinski definition) is 0. The molecular weight excluding hydrogens is 434 g/mol. The van der Waals surface area contributed by atoms with E-state index in [1.807, 2.05) is 18.2 Å². The first kappa shape index (κ1) is 22.1. The number of amides is 1. The van der Waals surface area contributed by atoms with Crippen molar-refractivity contribution in [2.24, 2.45) is 0 Å². The van der Waals surface area contributed by atoms with Gasteiger partial charge in [0.2, 0.25) is 5.91 Å². The van der Waals surface area contributed by atoms with Gasteiger partial charge in [-0.1, -0.05) is 67.8 Å². The standard InChI is InChI=1S/C30H33N3O2/c34-29-20-23(21-33(29)24-12-2-1-3-13-24)30-31-26-15-6-7-16-27(26)32(30)18-9-19-35-28-17-8-11-22-10-4-5-14-25(22)28/h4-8,10-11,14-17,23-24H,1-3,9,12-13,18-21H2. The van der Waals surface area contributed by atoms with Crippen LogP contribution in [-0.4, -0.2) is 39.6 Å². The molecule has 6 rings (SSSR count). The molecule has 1 aliphatic heterocycles. The van der Waals surface area contributed by atoms with Crippen LogP contribution in [0.4, 0.5) is 0 Å². The first-order chi connectivity index (χ1) is 17.3. The summed E-state index contributed by atoms with van der Waals surface area (Å²) in [6.45, 7) is 2.27. The van der Waals surface area contributed by atoms with Gasteiger partial charge in [-0.15, -0.1) is 0 Å². The molecule has 0 bridgehead atoms. The number of carbonyl (C=O) groups excluding carboxylic acids is 1. The van der Waals surface area contributed by atoms with Gasteiger partial charge in [-0.05, 0) is 42.8 Å². The molecule has 2 fully saturated rings. The summed E-state index contributed by atoms with van der Waals surface area (Å²) < 4.78 is 8.55. The molecule has 1 aliphatic carbocycles. The van der Waals surface area contributed by atoms with Crippen LogP contribution in [0.15, 0.2) is 66.7 Å². The summed E-state index contributed by atoms with van der Waals surface area (Å²) in [6.07, 6.45) is 7.55. The van der Waals surface area contributed by atoms with Crippen molar-refractivity contribution in [3.63, 3.8) is 0 Å². The fraction of sp³-hybridized carbons (Fsp3) is 0.400. The van der Waals surface area contributed by atoms with E-state index >= 15 is 0 Å². The fourth-order valence-electron chi connectivity index (χ4n) is 6.02. The third kappa shape index (κ3) is 4.40. The quantitative estimate of drug-likeness (QED) is 0.299. The number of imidazole rings is 1. The Hall–Kier alpha value is -3.34. The fourth-order valence-corrected chi connectivity index (χ4v) is 6.02. The molecule has 35 heavy (non-hydrogen) atoms. The zero-order chi connectivity index (χ0) is 23.6. The van der Waals surface area contributed by atoms with Crippen molar-refractivity contribution in [3.8, 4) is 5.75 Å². The van der Waals surface area contributed by atoms with Gasteiger partial charge in [-0.2, -0.15) is 0 Å². The minimum Gasteiger partial charge on any atom is -0.493 e. The van der Waals surface area contributed by atoms with Gasteiger partial charge < -0.3 is 14.2 Å². The lowest BCUT2D eigenvalue weighted by atomic mass is 9.94. The molecule has 3 aromatic carbocycles. The molecule has 5 nitrogen and oxygen atoms in total. The first-order valence-corrected chi connectivity index (χ1v) is 13.1. The topological polar surface area (TPSA) is 47.4 Å². The molecule has 180 valence electrons. The van der Waals surface area contributed by atoms with E-state index in [9.17, 15) is 4.79 Å². The molecule has 1 unspecified atom stereocenters. The summed E-state index contributed by atoms with van der Waals surface area (Å²) in [5.74, 6) is 2.46. The monoisotopic (exact) mass is 467 g/mol. The number of fused-ring (bicyclic) bond motifs is 2. The van der Waals surface area contributed by atoms with E-state index < -0.39 is 0 Å². The lowest BCUT2D eigenvalue weighted by Gasteiger charge is -2.31. The number of rotatable bonds is 7. The minimum absolute atomic E-state index is 0.163. The molecule has 5 heteroatoms. The van der Waals surface area contributed by atoms with Crippen molar-refractivity contribution >= 4 is 27.7 Å². The van der Waals surface area contributed by atoms with Crippen molar-refractivity contribution in [1.29, 1.82) is 0 Å². The Morgan fingerprint density at radius 2 is 1.71 bits per heavy atom. The van der Waals surface area contributed by atoms with Crippen molar-refractivity contribution < 1.29 is 9.53 Å². The number of hydrogen-bond acceptors (Lipinski definition) is 3. The molecule has 2 aliphatic rings. The molecular formula is C30H33N3O2. The third-order valence-corrected chi connectivity index (χ3v) is 7.76.